The molecule has 21 heavy (non-hydrogen) atoms. The van der Waals surface area contributed by atoms with E-state index >= 15 is 0 Å². The third-order valence-electron chi connectivity index (χ3n) is 3.14. The van der Waals surface area contributed by atoms with Gasteiger partial charge in [0.1, 0.15) is 5.82 Å². The molecule has 0 saturated heterocycles. The fourth-order valence-corrected chi connectivity index (χ4v) is 2.62. The van der Waals surface area contributed by atoms with Crippen molar-refractivity contribution in [1.29, 1.82) is 0 Å². The van der Waals surface area contributed by atoms with Gasteiger partial charge >= 0.3 is 0 Å². The van der Waals surface area contributed by atoms with Gasteiger partial charge in [-0.1, -0.05) is 29.3 Å². The van der Waals surface area contributed by atoms with E-state index in [2.05, 4.69) is 10.3 Å². The van der Waals surface area contributed by atoms with Crippen LogP contribution in [0.15, 0.2) is 36.5 Å². The molecule has 0 spiro atoms. The molecule has 112 valence electrons. The fourth-order valence-electron chi connectivity index (χ4n) is 1.97. The van der Waals surface area contributed by atoms with Crippen molar-refractivity contribution in [2.45, 2.75) is 19.1 Å². The van der Waals surface area contributed by atoms with Crippen LogP contribution in [0.4, 0.5) is 4.39 Å². The predicted octanol–water partition coefficient (Wildman–Crippen LogP) is 3.91. The molecule has 6 heteroatoms. The van der Waals surface area contributed by atoms with Crippen LogP contribution in [0.25, 0.3) is 0 Å². The first kappa shape index (κ1) is 16.2. The number of rotatable bonds is 5. The first-order valence-electron chi connectivity index (χ1n) is 6.46. The minimum atomic E-state index is -0.839. The monoisotopic (exact) mass is 328 g/mol. The molecule has 0 bridgehead atoms. The van der Waals surface area contributed by atoms with E-state index in [1.54, 1.807) is 24.3 Å². The van der Waals surface area contributed by atoms with Crippen molar-refractivity contribution >= 4 is 23.2 Å². The summed E-state index contributed by atoms with van der Waals surface area (Å²) in [6.07, 6.45) is 0.323. The van der Waals surface area contributed by atoms with Crippen LogP contribution in [0, 0.1) is 5.82 Å². The van der Waals surface area contributed by atoms with Crippen molar-refractivity contribution in [1.82, 2.24) is 10.3 Å². The topological polar surface area (TPSA) is 45.1 Å². The molecule has 2 unspecified atom stereocenters. The van der Waals surface area contributed by atoms with Gasteiger partial charge in [-0.25, -0.2) is 4.39 Å². The van der Waals surface area contributed by atoms with Crippen molar-refractivity contribution in [3.05, 3.63) is 63.6 Å². The highest BCUT2D eigenvalue weighted by atomic mass is 35.5. The van der Waals surface area contributed by atoms with E-state index in [0.29, 0.717) is 21.3 Å². The average molecular weight is 329 g/mol. The summed E-state index contributed by atoms with van der Waals surface area (Å²) < 4.78 is 12.8. The summed E-state index contributed by atoms with van der Waals surface area (Å²) in [5.74, 6) is -0.381. The standard InChI is InChI=1S/C15H15Cl2FN2O/c1-9(13-6-5-10(18)7-20-13)19-8-14(21)15-11(16)3-2-4-12(15)17/h2-7,9,14,19,21H,8H2,1H3. The highest BCUT2D eigenvalue weighted by Gasteiger charge is 2.16. The summed E-state index contributed by atoms with van der Waals surface area (Å²) in [5.41, 5.74) is 1.18. The van der Waals surface area contributed by atoms with Crippen LogP contribution in [0.3, 0.4) is 0 Å². The highest BCUT2D eigenvalue weighted by molar-refractivity contribution is 6.36. The molecular formula is C15H15Cl2FN2O. The normalized spacial score (nSPS) is 14.0. The lowest BCUT2D eigenvalue weighted by molar-refractivity contribution is 0.170. The van der Waals surface area contributed by atoms with E-state index in [4.69, 9.17) is 23.2 Å². The van der Waals surface area contributed by atoms with Crippen molar-refractivity contribution in [2.75, 3.05) is 6.54 Å². The first-order chi connectivity index (χ1) is 9.99. The summed E-state index contributed by atoms with van der Waals surface area (Å²) in [5, 5.41) is 14.2. The lowest BCUT2D eigenvalue weighted by Gasteiger charge is -2.18. The summed E-state index contributed by atoms with van der Waals surface area (Å²) in [6.45, 7) is 2.13. The van der Waals surface area contributed by atoms with Gasteiger partial charge in [0.2, 0.25) is 0 Å². The molecule has 2 aromatic rings. The molecule has 3 nitrogen and oxygen atoms in total. The van der Waals surface area contributed by atoms with Crippen LogP contribution in [0.1, 0.15) is 30.3 Å². The Morgan fingerprint density at radius 2 is 1.90 bits per heavy atom. The van der Waals surface area contributed by atoms with Crippen molar-refractivity contribution < 1.29 is 9.50 Å². The maximum absolute atomic E-state index is 12.8. The lowest BCUT2D eigenvalue weighted by atomic mass is 10.1. The van der Waals surface area contributed by atoms with Gasteiger partial charge in [-0.3, -0.25) is 4.98 Å². The van der Waals surface area contributed by atoms with Gasteiger partial charge in [0.05, 0.1) is 18.0 Å². The first-order valence-corrected chi connectivity index (χ1v) is 7.21. The smallest absolute Gasteiger partial charge is 0.141 e. The number of aliphatic hydroxyl groups is 1. The Hall–Kier alpha value is -1.20. The molecule has 1 aromatic heterocycles. The van der Waals surface area contributed by atoms with Crippen molar-refractivity contribution in [2.24, 2.45) is 0 Å². The Morgan fingerprint density at radius 3 is 2.48 bits per heavy atom. The maximum Gasteiger partial charge on any atom is 0.141 e. The number of aromatic nitrogens is 1. The van der Waals surface area contributed by atoms with Gasteiger partial charge < -0.3 is 10.4 Å². The fraction of sp³-hybridized carbons (Fsp3) is 0.267. The zero-order valence-corrected chi connectivity index (χ0v) is 12.9. The molecular weight excluding hydrogens is 314 g/mol. The average Bonchev–Trinajstić information content (AvgIpc) is 2.45. The number of halogens is 3. The molecule has 1 aromatic carbocycles. The zero-order chi connectivity index (χ0) is 15.4. The second-order valence-electron chi connectivity index (χ2n) is 4.68. The Morgan fingerprint density at radius 1 is 1.24 bits per heavy atom. The molecule has 0 saturated carbocycles. The predicted molar refractivity (Wildman–Crippen MR) is 82.0 cm³/mol. The van der Waals surface area contributed by atoms with Crippen molar-refractivity contribution in [3.8, 4) is 0 Å². The van der Waals surface area contributed by atoms with Crippen LogP contribution >= 0.6 is 23.2 Å². The van der Waals surface area contributed by atoms with E-state index in [-0.39, 0.29) is 18.4 Å². The molecule has 0 aliphatic carbocycles. The van der Waals surface area contributed by atoms with E-state index in [0.717, 1.165) is 6.20 Å². The number of pyridine rings is 1. The van der Waals surface area contributed by atoms with Crippen molar-refractivity contribution in [3.63, 3.8) is 0 Å². The molecule has 1 heterocycles. The molecule has 0 aliphatic heterocycles. The Balaban J connectivity index is 2.00. The maximum atomic E-state index is 12.8. The Kier molecular flexibility index (Phi) is 5.53. The van der Waals surface area contributed by atoms with Gasteiger partial charge in [0.15, 0.2) is 0 Å². The molecule has 2 atom stereocenters. The third-order valence-corrected chi connectivity index (χ3v) is 3.80. The molecule has 2 rings (SSSR count). The second-order valence-corrected chi connectivity index (χ2v) is 5.50. The summed E-state index contributed by atoms with van der Waals surface area (Å²) >= 11 is 12.1. The van der Waals surface area contributed by atoms with Crippen LogP contribution < -0.4 is 5.32 Å². The minimum Gasteiger partial charge on any atom is -0.387 e. The lowest BCUT2D eigenvalue weighted by Crippen LogP contribution is -2.25. The Bertz CT molecular complexity index is 587. The number of benzene rings is 1. The van der Waals surface area contributed by atoms with E-state index in [1.807, 2.05) is 6.92 Å². The molecule has 0 radical (unpaired) electrons. The van der Waals surface area contributed by atoms with Gasteiger partial charge in [0.25, 0.3) is 0 Å². The number of hydrogen-bond donors (Lipinski definition) is 2. The summed E-state index contributed by atoms with van der Waals surface area (Å²) in [6, 6.07) is 7.89. The van der Waals surface area contributed by atoms with Gasteiger partial charge in [-0.05, 0) is 31.2 Å². The summed E-state index contributed by atoms with van der Waals surface area (Å²) in [7, 11) is 0. The molecule has 0 aliphatic rings. The highest BCUT2D eigenvalue weighted by Crippen LogP contribution is 2.30. The second kappa shape index (κ2) is 7.18. The van der Waals surface area contributed by atoms with E-state index < -0.39 is 6.10 Å². The van der Waals surface area contributed by atoms with Crippen LogP contribution in [0.5, 0.6) is 0 Å². The number of nitrogens with one attached hydrogen (secondary N) is 1. The van der Waals surface area contributed by atoms with Gasteiger partial charge in [-0.15, -0.1) is 0 Å². The SMILES string of the molecule is CC(NCC(O)c1c(Cl)cccc1Cl)c1ccc(F)cn1. The number of hydrogen-bond acceptors (Lipinski definition) is 3. The minimum absolute atomic E-state index is 0.137. The molecule has 2 N–H and O–H groups in total. The van der Waals surface area contributed by atoms with E-state index in [9.17, 15) is 9.50 Å². The van der Waals surface area contributed by atoms with Crippen LogP contribution in [-0.4, -0.2) is 16.6 Å². The largest absolute Gasteiger partial charge is 0.387 e. The quantitative estimate of drug-likeness (QED) is 0.874. The Labute approximate surface area is 132 Å². The molecule has 0 amide bonds. The number of aliphatic hydroxyl groups excluding tert-OH is 1. The third kappa shape index (κ3) is 4.14. The van der Waals surface area contributed by atoms with Gasteiger partial charge in [-0.2, -0.15) is 0 Å². The number of nitrogens with zero attached hydrogens (tertiary/aromatic N) is 1. The van der Waals surface area contributed by atoms with Gasteiger partial charge in [0, 0.05) is 28.2 Å². The zero-order valence-electron chi connectivity index (χ0n) is 11.4. The van der Waals surface area contributed by atoms with Crippen LogP contribution in [0.2, 0.25) is 10.0 Å². The van der Waals surface area contributed by atoms with E-state index in [1.165, 1.54) is 6.07 Å². The summed E-state index contributed by atoms with van der Waals surface area (Å²) in [4.78, 5) is 3.99. The van der Waals surface area contributed by atoms with Crippen LogP contribution in [-0.2, 0) is 0 Å². The molecule has 0 fully saturated rings.